The van der Waals surface area contributed by atoms with Gasteiger partial charge in [0.05, 0.1) is 46.9 Å². The van der Waals surface area contributed by atoms with E-state index >= 15 is 0 Å². The number of thioether (sulfide) groups is 1. The van der Waals surface area contributed by atoms with Crippen LogP contribution in [0.15, 0.2) is 17.3 Å². The molecule has 0 aliphatic carbocycles. The maximum atomic E-state index is 12.4. The van der Waals surface area contributed by atoms with Gasteiger partial charge in [-0.25, -0.2) is 0 Å². The van der Waals surface area contributed by atoms with Gasteiger partial charge >= 0.3 is 0 Å². The fraction of sp³-hybridized carbons (Fsp3) is 0.438. The lowest BCUT2D eigenvalue weighted by atomic mass is 10.1. The molecule has 26 heavy (non-hydrogen) atoms. The third kappa shape index (κ3) is 2.95. The van der Waals surface area contributed by atoms with Crippen molar-refractivity contribution in [1.82, 2.24) is 9.80 Å². The third-order valence-electron chi connectivity index (χ3n) is 4.62. The number of amides is 2. The summed E-state index contributed by atoms with van der Waals surface area (Å²) >= 11 is 7.61. The number of oxime groups is 1. The van der Waals surface area contributed by atoms with Crippen LogP contribution in [0.4, 0.5) is 0 Å². The van der Waals surface area contributed by atoms with Crippen molar-refractivity contribution in [1.29, 1.82) is 0 Å². The van der Waals surface area contributed by atoms with Crippen molar-refractivity contribution < 1.29 is 24.6 Å². The average molecular weight is 398 g/mol. The van der Waals surface area contributed by atoms with Crippen LogP contribution < -0.4 is 0 Å². The first-order chi connectivity index (χ1) is 12.4. The monoisotopic (exact) mass is 397 g/mol. The zero-order valence-electron chi connectivity index (χ0n) is 13.5. The maximum Gasteiger partial charge on any atom is 0.255 e. The molecular weight excluding hydrogens is 382 g/mol. The molecule has 0 radical (unpaired) electrons. The number of halogens is 1. The standard InChI is InChI=1S/C16H16ClN3O5S/c17-14-10(1-2-11(21)15(14)23)16(24)19-5-8(6-19)25-18-4-9-7-20-12(22)3-13(20)26-9/h1-2,4,8-9,13,21,23H,3,5-7H2/b18-4+/t9-,13+/m0/s1. The molecule has 3 saturated heterocycles. The molecule has 8 nitrogen and oxygen atoms in total. The number of nitrogens with zero attached hydrogens (tertiary/aromatic N) is 3. The molecule has 3 aliphatic rings. The highest BCUT2D eigenvalue weighted by molar-refractivity contribution is 8.01. The van der Waals surface area contributed by atoms with Crippen molar-refractivity contribution in [2.75, 3.05) is 19.6 Å². The molecule has 0 aromatic heterocycles. The Morgan fingerprint density at radius 1 is 1.35 bits per heavy atom. The summed E-state index contributed by atoms with van der Waals surface area (Å²) in [6.07, 6.45) is 2.10. The van der Waals surface area contributed by atoms with Crippen molar-refractivity contribution in [2.24, 2.45) is 5.16 Å². The van der Waals surface area contributed by atoms with Gasteiger partial charge in [0.2, 0.25) is 5.91 Å². The fourth-order valence-corrected chi connectivity index (χ4v) is 4.64. The third-order valence-corrected chi connectivity index (χ3v) is 6.36. The Morgan fingerprint density at radius 3 is 2.81 bits per heavy atom. The molecule has 2 N–H and O–H groups in total. The average Bonchev–Trinajstić information content (AvgIpc) is 2.91. The van der Waals surface area contributed by atoms with Crippen LogP contribution in [0.5, 0.6) is 11.5 Å². The molecule has 4 rings (SSSR count). The maximum absolute atomic E-state index is 12.4. The molecule has 3 aliphatic heterocycles. The molecule has 1 aromatic rings. The minimum Gasteiger partial charge on any atom is -0.504 e. The smallest absolute Gasteiger partial charge is 0.255 e. The van der Waals surface area contributed by atoms with Crippen LogP contribution >= 0.6 is 23.4 Å². The summed E-state index contributed by atoms with van der Waals surface area (Å²) < 4.78 is 0. The number of hydrogen-bond donors (Lipinski definition) is 2. The van der Waals surface area contributed by atoms with Gasteiger partial charge in [-0.1, -0.05) is 16.8 Å². The number of aromatic hydroxyl groups is 2. The van der Waals surface area contributed by atoms with E-state index in [9.17, 15) is 19.8 Å². The largest absolute Gasteiger partial charge is 0.504 e. The summed E-state index contributed by atoms with van der Waals surface area (Å²) in [7, 11) is 0. The van der Waals surface area contributed by atoms with Crippen LogP contribution in [0, 0.1) is 0 Å². The summed E-state index contributed by atoms with van der Waals surface area (Å²) in [5.41, 5.74) is 0.125. The molecule has 1 aromatic carbocycles. The van der Waals surface area contributed by atoms with E-state index < -0.39 is 5.75 Å². The van der Waals surface area contributed by atoms with Crippen molar-refractivity contribution in [2.45, 2.75) is 23.1 Å². The van der Waals surface area contributed by atoms with Crippen molar-refractivity contribution >= 4 is 41.4 Å². The first-order valence-corrected chi connectivity index (χ1v) is 9.40. The Hall–Kier alpha value is -2.13. The summed E-state index contributed by atoms with van der Waals surface area (Å²) in [5.74, 6) is -1.04. The zero-order chi connectivity index (χ0) is 18.4. The molecule has 138 valence electrons. The number of β-lactam (4-membered cyclic amide) rings is 1. The highest BCUT2D eigenvalue weighted by atomic mass is 35.5. The van der Waals surface area contributed by atoms with E-state index in [1.54, 1.807) is 18.0 Å². The number of fused-ring (bicyclic) bond motifs is 1. The van der Waals surface area contributed by atoms with Crippen LogP contribution in [-0.2, 0) is 9.63 Å². The topological polar surface area (TPSA) is 103 Å². The summed E-state index contributed by atoms with van der Waals surface area (Å²) in [4.78, 5) is 32.4. The first-order valence-electron chi connectivity index (χ1n) is 8.08. The molecule has 3 fully saturated rings. The van der Waals surface area contributed by atoms with Gasteiger partial charge < -0.3 is 24.9 Å². The van der Waals surface area contributed by atoms with E-state index in [1.807, 2.05) is 4.90 Å². The van der Waals surface area contributed by atoms with Crippen molar-refractivity contribution in [3.63, 3.8) is 0 Å². The predicted octanol–water partition coefficient (Wildman–Crippen LogP) is 1.25. The number of likely N-dealkylation sites (tertiary alicyclic amines) is 1. The number of hydrogen-bond acceptors (Lipinski definition) is 7. The fourth-order valence-electron chi connectivity index (χ4n) is 3.04. The van der Waals surface area contributed by atoms with Gasteiger partial charge in [-0.3, -0.25) is 9.59 Å². The van der Waals surface area contributed by atoms with Gasteiger partial charge in [0.25, 0.3) is 5.91 Å². The predicted molar refractivity (Wildman–Crippen MR) is 95.5 cm³/mol. The lowest BCUT2D eigenvalue weighted by Crippen LogP contribution is -2.54. The Morgan fingerprint density at radius 2 is 2.12 bits per heavy atom. The quantitative estimate of drug-likeness (QED) is 0.343. The second-order valence-electron chi connectivity index (χ2n) is 6.37. The van der Waals surface area contributed by atoms with Gasteiger partial charge in [-0.15, -0.1) is 11.8 Å². The highest BCUT2D eigenvalue weighted by Crippen LogP contribution is 2.39. The molecular formula is C16H16ClN3O5S. The summed E-state index contributed by atoms with van der Waals surface area (Å²) in [6.45, 7) is 1.39. The number of rotatable bonds is 4. The Bertz CT molecular complexity index is 798. The Balaban J connectivity index is 1.25. The number of phenols is 2. The Kier molecular flexibility index (Phi) is 4.36. The minimum atomic E-state index is -0.507. The number of phenolic OH excluding ortho intramolecular Hbond substituents is 2. The van der Waals surface area contributed by atoms with Crippen LogP contribution in [-0.4, -0.2) is 74.4 Å². The van der Waals surface area contributed by atoms with Gasteiger partial charge in [-0.2, -0.15) is 0 Å². The number of carbonyl (C=O) groups excluding carboxylic acids is 2. The second-order valence-corrected chi connectivity index (χ2v) is 8.17. The molecule has 10 heteroatoms. The van der Waals surface area contributed by atoms with Crippen molar-refractivity contribution in [3.8, 4) is 11.5 Å². The van der Waals surface area contributed by atoms with Gasteiger partial charge in [0.1, 0.15) is 0 Å². The molecule has 0 spiro atoms. The molecule has 3 heterocycles. The van der Waals surface area contributed by atoms with E-state index in [-0.39, 0.29) is 44.9 Å². The molecule has 2 atom stereocenters. The summed E-state index contributed by atoms with van der Waals surface area (Å²) in [6, 6.07) is 2.59. The van der Waals surface area contributed by atoms with Crippen LogP contribution in [0.3, 0.4) is 0 Å². The van der Waals surface area contributed by atoms with E-state index in [4.69, 9.17) is 16.4 Å². The molecule has 0 saturated carbocycles. The summed E-state index contributed by atoms with van der Waals surface area (Å²) in [5, 5.41) is 23.2. The van der Waals surface area contributed by atoms with Gasteiger partial charge in [0.15, 0.2) is 17.6 Å². The SMILES string of the molecule is O=C(c1ccc(O)c(O)c1Cl)N1CC(O/N=C/[C@H]2CN3C(=O)C[C@H]3S2)C1. The number of benzene rings is 1. The zero-order valence-corrected chi connectivity index (χ0v) is 15.1. The molecule has 0 unspecified atom stereocenters. The van der Waals surface area contributed by atoms with Gasteiger partial charge in [0, 0.05) is 6.54 Å². The Labute approximate surface area is 158 Å². The van der Waals surface area contributed by atoms with Crippen LogP contribution in [0.1, 0.15) is 16.8 Å². The molecule has 0 bridgehead atoms. The van der Waals surface area contributed by atoms with Crippen LogP contribution in [0.2, 0.25) is 5.02 Å². The van der Waals surface area contributed by atoms with Crippen LogP contribution in [0.25, 0.3) is 0 Å². The van der Waals surface area contributed by atoms with E-state index in [2.05, 4.69) is 5.16 Å². The minimum absolute atomic E-state index is 0.125. The van der Waals surface area contributed by atoms with Gasteiger partial charge in [-0.05, 0) is 12.1 Å². The van der Waals surface area contributed by atoms with E-state index in [1.165, 1.54) is 17.0 Å². The first kappa shape index (κ1) is 17.3. The highest BCUT2D eigenvalue weighted by Gasteiger charge is 2.44. The lowest BCUT2D eigenvalue weighted by molar-refractivity contribution is -0.140. The normalized spacial score (nSPS) is 25.2. The molecule has 2 amide bonds. The lowest BCUT2D eigenvalue weighted by Gasteiger charge is -2.37. The van der Waals surface area contributed by atoms with E-state index in [0.29, 0.717) is 26.1 Å². The van der Waals surface area contributed by atoms with E-state index in [0.717, 1.165) is 0 Å². The number of carbonyl (C=O) groups is 2. The second kappa shape index (κ2) is 6.55. The van der Waals surface area contributed by atoms with Crippen molar-refractivity contribution in [3.05, 3.63) is 22.7 Å².